The summed E-state index contributed by atoms with van der Waals surface area (Å²) in [7, 11) is 0. The van der Waals surface area contributed by atoms with Crippen molar-refractivity contribution in [2.45, 2.75) is 6.42 Å². The van der Waals surface area contributed by atoms with Gasteiger partial charge in [-0.15, -0.1) is 0 Å². The van der Waals surface area contributed by atoms with E-state index in [1.807, 2.05) is 24.3 Å². The minimum Gasteiger partial charge on any atom is -0.234 e. The maximum Gasteiger partial charge on any atom is 0.147 e. The van der Waals surface area contributed by atoms with Gasteiger partial charge >= 0.3 is 0 Å². The quantitative estimate of drug-likeness (QED) is 0.590. The molecule has 0 radical (unpaired) electrons. The highest BCUT2D eigenvalue weighted by atomic mass is 79.9. The van der Waals surface area contributed by atoms with Gasteiger partial charge in [0.25, 0.3) is 0 Å². The Balaban J connectivity index is 2.28. The summed E-state index contributed by atoms with van der Waals surface area (Å²) in [6.07, 6.45) is 0.797. The average molecular weight is 306 g/mol. The number of benzene rings is 1. The summed E-state index contributed by atoms with van der Waals surface area (Å²) in [4.78, 5) is 4.33. The van der Waals surface area contributed by atoms with E-state index in [9.17, 15) is 0 Å². The van der Waals surface area contributed by atoms with Gasteiger partial charge in [0.15, 0.2) is 0 Å². The lowest BCUT2D eigenvalue weighted by molar-refractivity contribution is 1.21. The largest absolute Gasteiger partial charge is 0.234 e. The SMILES string of the molecule is N#Cc1cc2c(nc1Cl)-c1cccc(Br)c1C2. The third-order valence-corrected chi connectivity index (χ3v) is 3.95. The molecule has 0 saturated carbocycles. The molecule has 0 saturated heterocycles. The summed E-state index contributed by atoms with van der Waals surface area (Å²) in [6.45, 7) is 0. The van der Waals surface area contributed by atoms with Crippen LogP contribution in [0.1, 0.15) is 16.7 Å². The maximum atomic E-state index is 8.94. The topological polar surface area (TPSA) is 36.7 Å². The number of aromatic nitrogens is 1. The predicted octanol–water partition coefficient (Wildman–Crippen LogP) is 3.94. The first-order chi connectivity index (χ1) is 8.20. The molecular formula is C13H6BrClN2. The van der Waals surface area contributed by atoms with Gasteiger partial charge in [-0.25, -0.2) is 4.98 Å². The first-order valence-electron chi connectivity index (χ1n) is 5.08. The summed E-state index contributed by atoms with van der Waals surface area (Å²) < 4.78 is 1.07. The van der Waals surface area contributed by atoms with E-state index >= 15 is 0 Å². The zero-order valence-corrected chi connectivity index (χ0v) is 11.0. The van der Waals surface area contributed by atoms with Gasteiger partial charge in [-0.05, 0) is 23.3 Å². The van der Waals surface area contributed by atoms with E-state index in [1.54, 1.807) is 0 Å². The van der Waals surface area contributed by atoms with Crippen LogP contribution in [0.4, 0.5) is 0 Å². The number of hydrogen-bond acceptors (Lipinski definition) is 2. The van der Waals surface area contributed by atoms with Crippen molar-refractivity contribution in [1.82, 2.24) is 4.98 Å². The van der Waals surface area contributed by atoms with Crippen LogP contribution in [0.2, 0.25) is 5.15 Å². The van der Waals surface area contributed by atoms with Crippen molar-refractivity contribution in [3.63, 3.8) is 0 Å². The Morgan fingerprint density at radius 1 is 1.41 bits per heavy atom. The summed E-state index contributed by atoms with van der Waals surface area (Å²) in [6, 6.07) is 9.91. The summed E-state index contributed by atoms with van der Waals surface area (Å²) in [5.41, 5.74) is 4.70. The monoisotopic (exact) mass is 304 g/mol. The van der Waals surface area contributed by atoms with E-state index in [2.05, 4.69) is 27.0 Å². The first kappa shape index (κ1) is 10.8. The lowest BCUT2D eigenvalue weighted by Gasteiger charge is -2.02. The van der Waals surface area contributed by atoms with E-state index in [-0.39, 0.29) is 5.15 Å². The molecule has 3 rings (SSSR count). The highest BCUT2D eigenvalue weighted by Crippen LogP contribution is 2.40. The molecule has 0 amide bonds. The van der Waals surface area contributed by atoms with Crippen molar-refractivity contribution in [1.29, 1.82) is 5.26 Å². The number of nitriles is 1. The van der Waals surface area contributed by atoms with Crippen LogP contribution in [0.25, 0.3) is 11.3 Å². The second-order valence-corrected chi connectivity index (χ2v) is 5.10. The van der Waals surface area contributed by atoms with E-state index < -0.39 is 0 Å². The van der Waals surface area contributed by atoms with Gasteiger partial charge in [0.2, 0.25) is 0 Å². The maximum absolute atomic E-state index is 8.94. The molecule has 4 heteroatoms. The van der Waals surface area contributed by atoms with Crippen LogP contribution in [0.3, 0.4) is 0 Å². The van der Waals surface area contributed by atoms with E-state index in [4.69, 9.17) is 16.9 Å². The normalized spacial score (nSPS) is 11.8. The fourth-order valence-electron chi connectivity index (χ4n) is 2.13. The van der Waals surface area contributed by atoms with Gasteiger partial charge in [0.05, 0.1) is 11.3 Å². The van der Waals surface area contributed by atoms with Crippen LogP contribution in [0.5, 0.6) is 0 Å². The third-order valence-electron chi connectivity index (χ3n) is 2.92. The predicted molar refractivity (Wildman–Crippen MR) is 69.9 cm³/mol. The average Bonchev–Trinajstić information content (AvgIpc) is 2.68. The Bertz CT molecular complexity index is 674. The van der Waals surface area contributed by atoms with E-state index in [0.29, 0.717) is 5.56 Å². The van der Waals surface area contributed by atoms with Crippen molar-refractivity contribution in [3.8, 4) is 17.3 Å². The van der Waals surface area contributed by atoms with E-state index in [0.717, 1.165) is 27.7 Å². The Labute approximate surface area is 112 Å². The van der Waals surface area contributed by atoms with Gasteiger partial charge in [-0.1, -0.05) is 39.7 Å². The Hall–Kier alpha value is -1.37. The lowest BCUT2D eigenvalue weighted by atomic mass is 10.1. The molecule has 1 aliphatic rings. The van der Waals surface area contributed by atoms with Gasteiger partial charge in [-0.3, -0.25) is 0 Å². The molecule has 1 heterocycles. The van der Waals surface area contributed by atoms with Gasteiger partial charge in [-0.2, -0.15) is 5.26 Å². The molecule has 82 valence electrons. The molecule has 1 aliphatic carbocycles. The smallest absolute Gasteiger partial charge is 0.147 e. The zero-order valence-electron chi connectivity index (χ0n) is 8.67. The molecule has 2 nitrogen and oxygen atoms in total. The molecule has 1 aromatic heterocycles. The Morgan fingerprint density at radius 3 is 3.00 bits per heavy atom. The molecule has 0 N–H and O–H groups in total. The van der Waals surface area contributed by atoms with Crippen LogP contribution < -0.4 is 0 Å². The van der Waals surface area contributed by atoms with Crippen LogP contribution >= 0.6 is 27.5 Å². The van der Waals surface area contributed by atoms with E-state index in [1.165, 1.54) is 5.56 Å². The fraction of sp³-hybridized carbons (Fsp3) is 0.0769. The van der Waals surface area contributed by atoms with Crippen LogP contribution in [0.15, 0.2) is 28.7 Å². The summed E-state index contributed by atoms with van der Waals surface area (Å²) >= 11 is 9.50. The van der Waals surface area contributed by atoms with Crippen LogP contribution in [-0.4, -0.2) is 4.98 Å². The molecule has 0 aliphatic heterocycles. The lowest BCUT2D eigenvalue weighted by Crippen LogP contribution is -1.89. The molecule has 17 heavy (non-hydrogen) atoms. The van der Waals surface area contributed by atoms with Crippen molar-refractivity contribution in [2.75, 3.05) is 0 Å². The third kappa shape index (κ3) is 1.56. The number of rotatable bonds is 0. The molecule has 0 spiro atoms. The van der Waals surface area contributed by atoms with Crippen LogP contribution in [-0.2, 0) is 6.42 Å². The molecule has 1 aromatic carbocycles. The highest BCUT2D eigenvalue weighted by molar-refractivity contribution is 9.10. The fourth-order valence-corrected chi connectivity index (χ4v) is 2.82. The second-order valence-electron chi connectivity index (χ2n) is 3.89. The standard InChI is InChI=1S/C13H6BrClN2/c14-11-3-1-2-9-10(11)5-7-4-8(6-16)13(15)17-12(7)9/h1-4H,5H2. The molecule has 0 atom stereocenters. The number of pyridine rings is 1. The second kappa shape index (κ2) is 3.83. The number of fused-ring (bicyclic) bond motifs is 3. The molecule has 0 fully saturated rings. The van der Waals surface area contributed by atoms with Crippen molar-refractivity contribution >= 4 is 27.5 Å². The number of hydrogen-bond donors (Lipinski definition) is 0. The molecule has 2 aromatic rings. The van der Waals surface area contributed by atoms with Crippen molar-refractivity contribution in [3.05, 3.63) is 50.6 Å². The molecular weight excluding hydrogens is 300 g/mol. The zero-order chi connectivity index (χ0) is 12.0. The number of nitrogens with zero attached hydrogens (tertiary/aromatic N) is 2. The summed E-state index contributed by atoms with van der Waals surface area (Å²) in [5.74, 6) is 0. The minimum absolute atomic E-state index is 0.277. The van der Waals surface area contributed by atoms with Crippen molar-refractivity contribution in [2.24, 2.45) is 0 Å². The Morgan fingerprint density at radius 2 is 2.24 bits per heavy atom. The van der Waals surface area contributed by atoms with Crippen LogP contribution in [0, 0.1) is 11.3 Å². The van der Waals surface area contributed by atoms with Gasteiger partial charge in [0.1, 0.15) is 11.2 Å². The van der Waals surface area contributed by atoms with Gasteiger partial charge in [0, 0.05) is 16.5 Å². The van der Waals surface area contributed by atoms with Gasteiger partial charge < -0.3 is 0 Å². The highest BCUT2D eigenvalue weighted by Gasteiger charge is 2.23. The molecule has 0 unspecified atom stereocenters. The van der Waals surface area contributed by atoms with Crippen molar-refractivity contribution < 1.29 is 0 Å². The number of halogens is 2. The summed E-state index contributed by atoms with van der Waals surface area (Å²) in [5, 5.41) is 9.21. The Kier molecular flexibility index (Phi) is 2.43. The first-order valence-corrected chi connectivity index (χ1v) is 6.25. The minimum atomic E-state index is 0.277. The molecule has 0 bridgehead atoms.